The highest BCUT2D eigenvalue weighted by Gasteiger charge is 2.20. The van der Waals surface area contributed by atoms with E-state index in [2.05, 4.69) is 26.5 Å². The normalized spacial score (nSPS) is 14.2. The molecule has 2 rings (SSSR count). The number of hydrogen-bond acceptors (Lipinski definition) is 5. The molecular formula is C13H11BrN2O4. The number of ether oxygens (including phenoxy) is 1. The molecule has 104 valence electrons. The van der Waals surface area contributed by atoms with E-state index in [0.29, 0.717) is 5.56 Å². The first-order chi connectivity index (χ1) is 9.56. The molecule has 6 nitrogen and oxygen atoms in total. The minimum absolute atomic E-state index is 0.117. The Morgan fingerprint density at radius 1 is 1.35 bits per heavy atom. The highest BCUT2D eigenvalue weighted by molar-refractivity contribution is 9.10. The highest BCUT2D eigenvalue weighted by atomic mass is 79.9. The lowest BCUT2D eigenvalue weighted by Crippen LogP contribution is -2.31. The molecule has 0 spiro atoms. The number of Topliss-reactive ketones (excluding diaryl/α,β-unsaturated/α-hetero) is 1. The van der Waals surface area contributed by atoms with E-state index in [1.165, 1.54) is 0 Å². The zero-order valence-corrected chi connectivity index (χ0v) is 12.0. The van der Waals surface area contributed by atoms with Crippen LogP contribution >= 0.6 is 15.9 Å². The number of benzene rings is 1. The van der Waals surface area contributed by atoms with Crippen LogP contribution in [-0.4, -0.2) is 30.0 Å². The number of hydrazone groups is 1. The maximum atomic E-state index is 11.8. The van der Waals surface area contributed by atoms with Crippen LogP contribution in [-0.2, 0) is 14.3 Å². The van der Waals surface area contributed by atoms with E-state index in [1.807, 2.05) is 0 Å². The minimum Gasteiger partial charge on any atom is -0.453 e. The fraction of sp³-hybridized carbons (Fsp3) is 0.231. The van der Waals surface area contributed by atoms with Gasteiger partial charge in [0, 0.05) is 22.9 Å². The molecule has 0 aliphatic carbocycles. The second-order valence-electron chi connectivity index (χ2n) is 4.10. The van der Waals surface area contributed by atoms with Gasteiger partial charge < -0.3 is 4.74 Å². The molecule has 1 aromatic carbocycles. The summed E-state index contributed by atoms with van der Waals surface area (Å²) < 4.78 is 5.66. The Balaban J connectivity index is 1.90. The predicted molar refractivity (Wildman–Crippen MR) is 74.2 cm³/mol. The van der Waals surface area contributed by atoms with Gasteiger partial charge in [-0.25, -0.2) is 10.2 Å². The van der Waals surface area contributed by atoms with Gasteiger partial charge in [0.05, 0.1) is 0 Å². The van der Waals surface area contributed by atoms with Crippen LogP contribution in [0.15, 0.2) is 33.8 Å². The molecule has 1 amide bonds. The lowest BCUT2D eigenvalue weighted by Gasteiger charge is -2.11. The van der Waals surface area contributed by atoms with Gasteiger partial charge in [-0.2, -0.15) is 5.10 Å². The molecule has 1 aromatic rings. The number of carbonyl (C=O) groups is 3. The van der Waals surface area contributed by atoms with Crippen LogP contribution in [0.2, 0.25) is 0 Å². The SMILES string of the molecule is O=C1CCC(C(=O)OCC(=O)c2cccc(Br)c2)=NN1. The van der Waals surface area contributed by atoms with Gasteiger partial charge in [0.2, 0.25) is 5.91 Å². The Morgan fingerprint density at radius 3 is 2.80 bits per heavy atom. The van der Waals surface area contributed by atoms with Crippen LogP contribution in [0.3, 0.4) is 0 Å². The van der Waals surface area contributed by atoms with E-state index in [4.69, 9.17) is 4.74 Å². The van der Waals surface area contributed by atoms with Crippen LogP contribution in [0.4, 0.5) is 0 Å². The Bertz CT molecular complexity index is 598. The second kappa shape index (κ2) is 6.42. The average molecular weight is 339 g/mol. The zero-order chi connectivity index (χ0) is 14.5. The molecule has 20 heavy (non-hydrogen) atoms. The number of carbonyl (C=O) groups excluding carboxylic acids is 3. The number of halogens is 1. The van der Waals surface area contributed by atoms with Crippen LogP contribution < -0.4 is 5.43 Å². The van der Waals surface area contributed by atoms with E-state index in [0.717, 1.165) is 4.47 Å². The van der Waals surface area contributed by atoms with Crippen LogP contribution in [0, 0.1) is 0 Å². The van der Waals surface area contributed by atoms with Crippen molar-refractivity contribution in [1.29, 1.82) is 0 Å². The summed E-state index contributed by atoms with van der Waals surface area (Å²) in [4.78, 5) is 34.4. The first-order valence-electron chi connectivity index (χ1n) is 5.87. The highest BCUT2D eigenvalue weighted by Crippen LogP contribution is 2.12. The van der Waals surface area contributed by atoms with Gasteiger partial charge >= 0.3 is 5.97 Å². The zero-order valence-electron chi connectivity index (χ0n) is 10.4. The summed E-state index contributed by atoms with van der Waals surface area (Å²) in [7, 11) is 0. The summed E-state index contributed by atoms with van der Waals surface area (Å²) in [5.74, 6) is -1.24. The third kappa shape index (κ3) is 3.74. The van der Waals surface area contributed by atoms with Crippen LogP contribution in [0.1, 0.15) is 23.2 Å². The maximum Gasteiger partial charge on any atom is 0.354 e. The van der Waals surface area contributed by atoms with Crippen molar-refractivity contribution in [2.45, 2.75) is 12.8 Å². The van der Waals surface area contributed by atoms with Gasteiger partial charge in [-0.3, -0.25) is 9.59 Å². The third-order valence-electron chi connectivity index (χ3n) is 2.62. The minimum atomic E-state index is -0.687. The maximum absolute atomic E-state index is 11.8. The summed E-state index contributed by atoms with van der Waals surface area (Å²) in [6.07, 6.45) is 0.406. The van der Waals surface area contributed by atoms with E-state index >= 15 is 0 Å². The molecule has 1 aliphatic rings. The van der Waals surface area contributed by atoms with Gasteiger partial charge in [-0.1, -0.05) is 28.1 Å². The van der Waals surface area contributed by atoms with Crippen molar-refractivity contribution in [3.8, 4) is 0 Å². The number of nitrogens with one attached hydrogen (secondary N) is 1. The van der Waals surface area contributed by atoms with Gasteiger partial charge in [0.25, 0.3) is 0 Å². The number of nitrogens with zero attached hydrogens (tertiary/aromatic N) is 1. The quantitative estimate of drug-likeness (QED) is 0.665. The molecule has 0 saturated carbocycles. The summed E-state index contributed by atoms with van der Waals surface area (Å²) in [6, 6.07) is 6.80. The predicted octanol–water partition coefficient (Wildman–Crippen LogP) is 1.44. The van der Waals surface area contributed by atoms with Crippen molar-refractivity contribution in [1.82, 2.24) is 5.43 Å². The van der Waals surface area contributed by atoms with Crippen molar-refractivity contribution in [2.75, 3.05) is 6.61 Å². The van der Waals surface area contributed by atoms with E-state index in [9.17, 15) is 14.4 Å². The first kappa shape index (κ1) is 14.4. The molecule has 0 aromatic heterocycles. The molecule has 1 aliphatic heterocycles. The first-order valence-corrected chi connectivity index (χ1v) is 6.67. The number of esters is 1. The third-order valence-corrected chi connectivity index (χ3v) is 3.11. The monoisotopic (exact) mass is 338 g/mol. The van der Waals surface area contributed by atoms with Gasteiger partial charge in [0.15, 0.2) is 12.4 Å². The van der Waals surface area contributed by atoms with Crippen molar-refractivity contribution in [3.63, 3.8) is 0 Å². The Kier molecular flexibility index (Phi) is 4.62. The summed E-state index contributed by atoms with van der Waals surface area (Å²) in [5.41, 5.74) is 2.76. The largest absolute Gasteiger partial charge is 0.453 e. The Morgan fingerprint density at radius 2 is 2.15 bits per heavy atom. The lowest BCUT2D eigenvalue weighted by molar-refractivity contribution is -0.134. The molecule has 0 radical (unpaired) electrons. The summed E-state index contributed by atoms with van der Waals surface area (Å²) in [5, 5.41) is 3.60. The standard InChI is InChI=1S/C13H11BrN2O4/c14-9-3-1-2-8(6-9)11(17)7-20-13(19)10-4-5-12(18)16-15-10/h1-3,6H,4-5,7H2,(H,16,18). The summed E-state index contributed by atoms with van der Waals surface area (Å²) in [6.45, 7) is -0.359. The van der Waals surface area contributed by atoms with Gasteiger partial charge in [-0.05, 0) is 12.1 Å². The fourth-order valence-corrected chi connectivity index (χ4v) is 1.98. The van der Waals surface area contributed by atoms with Crippen LogP contribution in [0.5, 0.6) is 0 Å². The molecule has 1 N–H and O–H groups in total. The van der Waals surface area contributed by atoms with Crippen molar-refractivity contribution in [2.24, 2.45) is 5.10 Å². The lowest BCUT2D eigenvalue weighted by atomic mass is 10.1. The number of hydrogen-bond donors (Lipinski definition) is 1. The Hall–Kier alpha value is -2.02. The van der Waals surface area contributed by atoms with E-state index < -0.39 is 5.97 Å². The molecule has 1 heterocycles. The number of amides is 1. The second-order valence-corrected chi connectivity index (χ2v) is 5.02. The molecule has 0 fully saturated rings. The van der Waals surface area contributed by atoms with Gasteiger partial charge in [0.1, 0.15) is 5.71 Å². The smallest absolute Gasteiger partial charge is 0.354 e. The Labute approximate surface area is 123 Å². The van der Waals surface area contributed by atoms with Crippen LogP contribution in [0.25, 0.3) is 0 Å². The molecular weight excluding hydrogens is 328 g/mol. The van der Waals surface area contributed by atoms with E-state index in [-0.39, 0.29) is 36.9 Å². The fourth-order valence-electron chi connectivity index (χ4n) is 1.58. The molecule has 0 atom stereocenters. The van der Waals surface area contributed by atoms with Crippen molar-refractivity contribution in [3.05, 3.63) is 34.3 Å². The molecule has 7 heteroatoms. The average Bonchev–Trinajstić information content (AvgIpc) is 2.45. The van der Waals surface area contributed by atoms with Gasteiger partial charge in [-0.15, -0.1) is 0 Å². The molecule has 0 saturated heterocycles. The van der Waals surface area contributed by atoms with Crippen molar-refractivity contribution < 1.29 is 19.1 Å². The number of ketones is 1. The number of rotatable bonds is 4. The van der Waals surface area contributed by atoms with Crippen molar-refractivity contribution >= 4 is 39.3 Å². The van der Waals surface area contributed by atoms with E-state index in [1.54, 1.807) is 24.3 Å². The summed E-state index contributed by atoms with van der Waals surface area (Å²) >= 11 is 3.26. The topological polar surface area (TPSA) is 84.8 Å². The molecule has 0 bridgehead atoms. The molecule has 0 unspecified atom stereocenters.